The Kier molecular flexibility index (Phi) is 1.94. The first-order chi connectivity index (χ1) is 5.86. The van der Waals surface area contributed by atoms with Gasteiger partial charge in [-0.05, 0) is 6.08 Å². The first-order valence-electron chi connectivity index (χ1n) is 3.11. The van der Waals surface area contributed by atoms with Gasteiger partial charge in [0.2, 0.25) is 0 Å². The summed E-state index contributed by atoms with van der Waals surface area (Å²) in [5, 5.41) is 6.84. The number of hydrogen-bond donors (Lipinski definition) is 0. The minimum absolute atomic E-state index is 0.116. The Labute approximate surface area is 69.8 Å². The van der Waals surface area contributed by atoms with Gasteiger partial charge in [-0.15, -0.1) is 0 Å². The van der Waals surface area contributed by atoms with Crippen LogP contribution in [0.25, 0.3) is 0 Å². The van der Waals surface area contributed by atoms with E-state index in [0.29, 0.717) is 6.07 Å². The standard InChI is InChI=1S/C6H3F5N2/c7-4-1-2-13(11)5(8,3-12)6(4,9)10/h1-2,4H. The summed E-state index contributed by atoms with van der Waals surface area (Å²) < 4.78 is 62.9. The summed E-state index contributed by atoms with van der Waals surface area (Å²) in [5.41, 5.74) is 0. The molecule has 0 saturated carbocycles. The van der Waals surface area contributed by atoms with Gasteiger partial charge in [0, 0.05) is 6.20 Å². The zero-order chi connectivity index (χ0) is 10.3. The van der Waals surface area contributed by atoms with Gasteiger partial charge >= 0.3 is 11.7 Å². The van der Waals surface area contributed by atoms with E-state index in [1.807, 2.05) is 0 Å². The average Bonchev–Trinajstić information content (AvgIpc) is 2.09. The van der Waals surface area contributed by atoms with Crippen molar-refractivity contribution in [2.45, 2.75) is 17.9 Å². The van der Waals surface area contributed by atoms with Crippen LogP contribution in [0.2, 0.25) is 0 Å². The molecule has 0 aromatic carbocycles. The van der Waals surface area contributed by atoms with E-state index in [4.69, 9.17) is 5.26 Å². The molecule has 0 fully saturated rings. The summed E-state index contributed by atoms with van der Waals surface area (Å²) >= 11 is 0. The highest BCUT2D eigenvalue weighted by molar-refractivity contribution is 5.19. The van der Waals surface area contributed by atoms with Crippen molar-refractivity contribution in [3.63, 3.8) is 0 Å². The van der Waals surface area contributed by atoms with E-state index in [9.17, 15) is 22.0 Å². The summed E-state index contributed by atoms with van der Waals surface area (Å²) in [4.78, 5) is 0. The molecule has 1 rings (SSSR count). The zero-order valence-electron chi connectivity index (χ0n) is 6.02. The van der Waals surface area contributed by atoms with Gasteiger partial charge in [-0.2, -0.15) is 23.6 Å². The van der Waals surface area contributed by atoms with Crippen LogP contribution in [-0.4, -0.2) is 23.0 Å². The fraction of sp³-hybridized carbons (Fsp3) is 0.500. The normalized spacial score (nSPS) is 37.2. The van der Waals surface area contributed by atoms with Crippen molar-refractivity contribution in [3.05, 3.63) is 12.3 Å². The van der Waals surface area contributed by atoms with E-state index in [1.54, 1.807) is 0 Å². The molecule has 1 aliphatic heterocycles. The van der Waals surface area contributed by atoms with Crippen LogP contribution in [0.1, 0.15) is 0 Å². The third-order valence-electron chi connectivity index (χ3n) is 1.62. The minimum Gasteiger partial charge on any atom is -0.236 e. The molecule has 7 heteroatoms. The number of nitriles is 1. The maximum atomic E-state index is 12.9. The maximum Gasteiger partial charge on any atom is 0.361 e. The van der Waals surface area contributed by atoms with E-state index in [0.717, 1.165) is 0 Å². The summed E-state index contributed by atoms with van der Waals surface area (Å²) in [7, 11) is 0. The second kappa shape index (κ2) is 2.58. The SMILES string of the molecule is N#CC1(F)N(F)C=CC(F)C1(F)F. The molecule has 2 unspecified atom stereocenters. The molecule has 1 heterocycles. The van der Waals surface area contributed by atoms with E-state index in [2.05, 4.69) is 0 Å². The minimum atomic E-state index is -4.72. The van der Waals surface area contributed by atoms with Crippen LogP contribution in [0.3, 0.4) is 0 Å². The number of hydrogen-bond acceptors (Lipinski definition) is 2. The second-order valence-corrected chi connectivity index (χ2v) is 2.41. The highest BCUT2D eigenvalue weighted by atomic mass is 19.3. The monoisotopic (exact) mass is 198 g/mol. The van der Waals surface area contributed by atoms with Gasteiger partial charge in [0.05, 0.1) is 0 Å². The number of rotatable bonds is 0. The molecule has 0 N–H and O–H groups in total. The van der Waals surface area contributed by atoms with Crippen molar-refractivity contribution >= 4 is 0 Å². The Morgan fingerprint density at radius 2 is 1.92 bits per heavy atom. The molecule has 0 bridgehead atoms. The van der Waals surface area contributed by atoms with E-state index < -0.39 is 23.0 Å². The number of halogens is 5. The van der Waals surface area contributed by atoms with Crippen molar-refractivity contribution in [3.8, 4) is 6.07 Å². The van der Waals surface area contributed by atoms with Gasteiger partial charge in [-0.25, -0.2) is 4.39 Å². The molecular weight excluding hydrogens is 195 g/mol. The number of allylic oxidation sites excluding steroid dienone is 1. The Bertz CT molecular complexity index is 283. The molecule has 0 aromatic heterocycles. The van der Waals surface area contributed by atoms with E-state index in [-0.39, 0.29) is 12.3 Å². The van der Waals surface area contributed by atoms with Gasteiger partial charge < -0.3 is 0 Å². The molecule has 72 valence electrons. The predicted molar refractivity (Wildman–Crippen MR) is 31.4 cm³/mol. The molecule has 1 aliphatic rings. The maximum absolute atomic E-state index is 12.9. The lowest BCUT2D eigenvalue weighted by Gasteiger charge is -2.34. The van der Waals surface area contributed by atoms with Crippen molar-refractivity contribution in [1.29, 1.82) is 5.26 Å². The lowest BCUT2D eigenvalue weighted by molar-refractivity contribution is -0.246. The topological polar surface area (TPSA) is 27.0 Å². The highest BCUT2D eigenvalue weighted by Crippen LogP contribution is 2.43. The molecule has 0 aliphatic carbocycles. The summed E-state index contributed by atoms with van der Waals surface area (Å²) in [5.74, 6) is -8.99. The van der Waals surface area contributed by atoms with Crippen LogP contribution < -0.4 is 0 Å². The van der Waals surface area contributed by atoms with Crippen LogP contribution >= 0.6 is 0 Å². The first-order valence-corrected chi connectivity index (χ1v) is 3.11. The van der Waals surface area contributed by atoms with Crippen LogP contribution in [0.4, 0.5) is 22.0 Å². The van der Waals surface area contributed by atoms with Gasteiger partial charge in [0.25, 0.3) is 0 Å². The van der Waals surface area contributed by atoms with Gasteiger partial charge in [-0.1, -0.05) is 4.48 Å². The molecular formula is C6H3F5N2. The average molecular weight is 198 g/mol. The Morgan fingerprint density at radius 3 is 2.31 bits per heavy atom. The molecule has 2 nitrogen and oxygen atoms in total. The van der Waals surface area contributed by atoms with Gasteiger partial charge in [0.1, 0.15) is 6.07 Å². The van der Waals surface area contributed by atoms with E-state index >= 15 is 0 Å². The van der Waals surface area contributed by atoms with Crippen molar-refractivity contribution in [2.75, 3.05) is 0 Å². The predicted octanol–water partition coefficient (Wildman–Crippen LogP) is 1.86. The molecule has 0 radical (unpaired) electrons. The van der Waals surface area contributed by atoms with Crippen LogP contribution in [0.15, 0.2) is 12.3 Å². The van der Waals surface area contributed by atoms with Gasteiger partial charge in [-0.3, -0.25) is 0 Å². The van der Waals surface area contributed by atoms with Crippen LogP contribution in [0.5, 0.6) is 0 Å². The van der Waals surface area contributed by atoms with Crippen LogP contribution in [0, 0.1) is 11.3 Å². The highest BCUT2D eigenvalue weighted by Gasteiger charge is 2.66. The molecule has 2 atom stereocenters. The lowest BCUT2D eigenvalue weighted by Crippen LogP contribution is -2.58. The molecule has 0 aromatic rings. The fourth-order valence-corrected chi connectivity index (χ4v) is 0.822. The second-order valence-electron chi connectivity index (χ2n) is 2.41. The van der Waals surface area contributed by atoms with Gasteiger partial charge in [0.15, 0.2) is 6.17 Å². The summed E-state index contributed by atoms with van der Waals surface area (Å²) in [6.45, 7) is 0. The Morgan fingerprint density at radius 1 is 1.38 bits per heavy atom. The van der Waals surface area contributed by atoms with Crippen molar-refractivity contribution in [2.24, 2.45) is 0 Å². The van der Waals surface area contributed by atoms with Crippen molar-refractivity contribution < 1.29 is 22.0 Å². The Hall–Kier alpha value is -1.32. The molecule has 13 heavy (non-hydrogen) atoms. The zero-order valence-corrected chi connectivity index (χ0v) is 6.02. The number of nitrogens with zero attached hydrogens (tertiary/aromatic N) is 2. The smallest absolute Gasteiger partial charge is 0.236 e. The molecule has 0 spiro atoms. The quantitative estimate of drug-likeness (QED) is 0.337. The molecule has 0 amide bonds. The summed E-state index contributed by atoms with van der Waals surface area (Å²) in [6.07, 6.45) is -2.76. The summed E-state index contributed by atoms with van der Waals surface area (Å²) in [6, 6.07) is 0.394. The van der Waals surface area contributed by atoms with Crippen LogP contribution in [-0.2, 0) is 0 Å². The third-order valence-corrected chi connectivity index (χ3v) is 1.62. The number of alkyl halides is 4. The molecule has 0 saturated heterocycles. The van der Waals surface area contributed by atoms with E-state index in [1.165, 1.54) is 0 Å². The Balaban J connectivity index is 3.21. The largest absolute Gasteiger partial charge is 0.361 e. The fourth-order valence-electron chi connectivity index (χ4n) is 0.822. The third kappa shape index (κ3) is 1.05. The lowest BCUT2D eigenvalue weighted by atomic mass is 10.0. The first kappa shape index (κ1) is 9.77. The van der Waals surface area contributed by atoms with Crippen molar-refractivity contribution in [1.82, 2.24) is 5.12 Å².